The monoisotopic (exact) mass is 837 g/mol. The van der Waals surface area contributed by atoms with Crippen LogP contribution >= 0.6 is 0 Å². The zero-order valence-corrected chi connectivity index (χ0v) is 36.5. The molecular formula is C46H59N7O8. The fourth-order valence-corrected chi connectivity index (χ4v) is 8.61. The molecule has 4 atom stereocenters. The van der Waals surface area contributed by atoms with Crippen LogP contribution in [-0.4, -0.2) is 108 Å². The molecule has 0 aliphatic carbocycles. The number of hydrogen-bond donors (Lipinski definition) is 3. The number of hydrogen-bond acceptors (Lipinski definition) is 10. The van der Waals surface area contributed by atoms with Crippen molar-refractivity contribution in [2.24, 2.45) is 22.2 Å². The number of rotatable bonds is 10. The Morgan fingerprint density at radius 2 is 1.31 bits per heavy atom. The molecule has 0 unspecified atom stereocenters. The van der Waals surface area contributed by atoms with Gasteiger partial charge >= 0.3 is 12.2 Å². The molecule has 61 heavy (non-hydrogen) atoms. The summed E-state index contributed by atoms with van der Waals surface area (Å²) in [5.41, 5.74) is 6.13. The average molecular weight is 838 g/mol. The minimum Gasteiger partial charge on any atom is -0.492 e. The van der Waals surface area contributed by atoms with Crippen LogP contribution in [0.3, 0.4) is 0 Å². The largest absolute Gasteiger partial charge is 0.492 e. The van der Waals surface area contributed by atoms with Crippen LogP contribution in [0.25, 0.3) is 28.0 Å². The topological polar surface area (TPSA) is 177 Å². The number of amides is 4. The number of aromatic amines is 1. The van der Waals surface area contributed by atoms with Gasteiger partial charge in [-0.05, 0) is 72.9 Å². The zero-order valence-electron chi connectivity index (χ0n) is 36.5. The lowest BCUT2D eigenvalue weighted by Gasteiger charge is -2.31. The molecule has 3 N–H and O–H groups in total. The zero-order chi connectivity index (χ0) is 43.6. The molecule has 0 radical (unpaired) electrons. The third-order valence-corrected chi connectivity index (χ3v) is 12.1. The van der Waals surface area contributed by atoms with E-state index < -0.39 is 24.3 Å². The molecule has 3 aromatic rings. The number of alkyl carbamates (subject to hydrolysis) is 2. The van der Waals surface area contributed by atoms with Gasteiger partial charge < -0.3 is 44.4 Å². The maximum Gasteiger partial charge on any atom is 0.407 e. The fourth-order valence-electron chi connectivity index (χ4n) is 8.61. The second-order valence-electron chi connectivity index (χ2n) is 17.9. The van der Waals surface area contributed by atoms with Crippen molar-refractivity contribution in [1.29, 1.82) is 0 Å². The van der Waals surface area contributed by atoms with Crippen LogP contribution in [0.2, 0.25) is 0 Å². The van der Waals surface area contributed by atoms with Crippen molar-refractivity contribution in [2.75, 3.05) is 40.5 Å². The molecule has 0 saturated carbocycles. The summed E-state index contributed by atoms with van der Waals surface area (Å²) < 4.78 is 22.8. The standard InChI is InChI=1S/C46H59N7O8/c1-26(2)39(50-44(56)58-7)42(54)52-17-9-11-35(52)33-19-30(22-47-33)28-13-15-31-32-16-14-29(21-38(32)61-25-46(5,6)24-60-37(31)20-28)34-23-48-41(49-34)36-12-10-18-53(36)43(55)40(27(3)4)51-45(57)59-8/h13-16,20-23,26-27,35-36,39-40H,9-12,17-19,24-25H2,1-8H3,(H,48,49)(H,50,56)(H,51,57)/t35-,36-,39-,40-/m0/s1. The van der Waals surface area contributed by atoms with E-state index in [-0.39, 0.29) is 41.1 Å². The number of methoxy groups -OCH3 is 2. The number of ether oxygens (including phenoxy) is 4. The van der Waals surface area contributed by atoms with Gasteiger partial charge in [0.25, 0.3) is 0 Å². The molecule has 0 spiro atoms. The minimum atomic E-state index is -0.715. The summed E-state index contributed by atoms with van der Waals surface area (Å²) in [6.45, 7) is 13.9. The maximum atomic E-state index is 13.7. The SMILES string of the molecule is COC(=O)N[C@H](C(=O)N1CCC[C@H]1C1=NC=C(c2ccc3c(c2)OCC(C)(C)COc2cc(-c4cnc([C@@H]5CCCN5C(=O)[C@@H](NC(=O)OC)C(C)C)[nH]4)ccc2-3)C1)C(C)C. The Morgan fingerprint density at radius 3 is 1.87 bits per heavy atom. The van der Waals surface area contributed by atoms with Crippen LogP contribution in [-0.2, 0) is 19.1 Å². The lowest BCUT2D eigenvalue weighted by Crippen LogP contribution is -2.53. The molecule has 4 aliphatic heterocycles. The number of carbonyl (C=O) groups is 4. The van der Waals surface area contributed by atoms with Gasteiger partial charge in [0.15, 0.2) is 0 Å². The van der Waals surface area contributed by atoms with Crippen LogP contribution in [0.1, 0.15) is 91.1 Å². The molecule has 4 aliphatic rings. The Balaban J connectivity index is 1.10. The number of aromatic nitrogens is 2. The Kier molecular flexibility index (Phi) is 12.8. The first-order chi connectivity index (χ1) is 29.2. The first-order valence-electron chi connectivity index (χ1n) is 21.3. The number of H-pyrrole nitrogens is 1. The second-order valence-corrected chi connectivity index (χ2v) is 17.9. The Labute approximate surface area is 357 Å². The number of aliphatic imine (C=N–C) groups is 1. The molecule has 2 aromatic carbocycles. The van der Waals surface area contributed by atoms with E-state index in [1.807, 2.05) is 57.0 Å². The summed E-state index contributed by atoms with van der Waals surface area (Å²) in [4.78, 5) is 68.4. The highest BCUT2D eigenvalue weighted by Crippen LogP contribution is 2.43. The molecule has 2 saturated heterocycles. The number of carbonyl (C=O) groups excluding carboxylic acids is 4. The third-order valence-electron chi connectivity index (χ3n) is 12.1. The second kappa shape index (κ2) is 18.0. The van der Waals surface area contributed by atoms with Gasteiger partial charge in [0, 0.05) is 53.5 Å². The molecule has 4 amide bonds. The summed E-state index contributed by atoms with van der Waals surface area (Å²) >= 11 is 0. The first kappa shape index (κ1) is 43.2. The number of benzene rings is 2. The molecule has 326 valence electrons. The van der Waals surface area contributed by atoms with Gasteiger partial charge in [-0.2, -0.15) is 0 Å². The molecule has 5 heterocycles. The minimum absolute atomic E-state index is 0.111. The van der Waals surface area contributed by atoms with Crippen molar-refractivity contribution in [3.8, 4) is 33.9 Å². The lowest BCUT2D eigenvalue weighted by atomic mass is 9.94. The van der Waals surface area contributed by atoms with Gasteiger partial charge in [0.05, 0.1) is 51.4 Å². The predicted octanol–water partition coefficient (Wildman–Crippen LogP) is 7.14. The molecule has 7 rings (SSSR count). The maximum absolute atomic E-state index is 13.7. The molecule has 15 heteroatoms. The van der Waals surface area contributed by atoms with Gasteiger partial charge in [0.2, 0.25) is 11.8 Å². The summed E-state index contributed by atoms with van der Waals surface area (Å²) in [5.74, 6) is 1.62. The molecular weight excluding hydrogens is 779 g/mol. The highest BCUT2D eigenvalue weighted by atomic mass is 16.5. The number of allylic oxidation sites excluding steroid dienone is 1. The van der Waals surface area contributed by atoms with Crippen molar-refractivity contribution < 1.29 is 38.1 Å². The van der Waals surface area contributed by atoms with E-state index in [2.05, 4.69) is 47.7 Å². The Morgan fingerprint density at radius 1 is 0.787 bits per heavy atom. The van der Waals surface area contributed by atoms with Crippen LogP contribution in [0.5, 0.6) is 11.5 Å². The van der Waals surface area contributed by atoms with E-state index in [9.17, 15) is 19.2 Å². The Hall–Kier alpha value is -5.86. The van der Waals surface area contributed by atoms with E-state index in [1.54, 1.807) is 11.1 Å². The Bertz CT molecular complexity index is 2210. The summed E-state index contributed by atoms with van der Waals surface area (Å²) in [6.07, 6.45) is 6.27. The lowest BCUT2D eigenvalue weighted by molar-refractivity contribution is -0.135. The van der Waals surface area contributed by atoms with Gasteiger partial charge in [0.1, 0.15) is 29.4 Å². The predicted molar refractivity (Wildman–Crippen MR) is 231 cm³/mol. The number of nitrogens with zero attached hydrogens (tertiary/aromatic N) is 4. The van der Waals surface area contributed by atoms with E-state index in [0.717, 1.165) is 70.7 Å². The molecule has 0 bridgehead atoms. The highest BCUT2D eigenvalue weighted by Gasteiger charge is 2.40. The molecule has 2 fully saturated rings. The summed E-state index contributed by atoms with van der Waals surface area (Å²) in [5, 5.41) is 5.44. The van der Waals surface area contributed by atoms with Crippen molar-refractivity contribution >= 4 is 35.3 Å². The smallest absolute Gasteiger partial charge is 0.407 e. The van der Waals surface area contributed by atoms with Gasteiger partial charge in [-0.3, -0.25) is 14.6 Å². The average Bonchev–Trinajstić information content (AvgIpc) is 4.09. The van der Waals surface area contributed by atoms with E-state index in [4.69, 9.17) is 28.9 Å². The summed E-state index contributed by atoms with van der Waals surface area (Å²) in [6, 6.07) is 10.5. The van der Waals surface area contributed by atoms with Gasteiger partial charge in [-0.25, -0.2) is 14.6 Å². The molecule has 1 aromatic heterocycles. The fraction of sp³-hybridized carbons (Fsp3) is 0.522. The van der Waals surface area contributed by atoms with Gasteiger partial charge in [-0.1, -0.05) is 53.7 Å². The normalized spacial score (nSPS) is 20.5. The quantitative estimate of drug-likeness (QED) is 0.192. The van der Waals surface area contributed by atoms with Gasteiger partial charge in [-0.15, -0.1) is 0 Å². The van der Waals surface area contributed by atoms with E-state index >= 15 is 0 Å². The summed E-state index contributed by atoms with van der Waals surface area (Å²) in [7, 11) is 2.58. The number of likely N-dealkylation sites (tertiary alicyclic amines) is 2. The van der Waals surface area contributed by atoms with Crippen molar-refractivity contribution in [3.05, 3.63) is 60.2 Å². The number of nitrogens with one attached hydrogen (secondary N) is 3. The van der Waals surface area contributed by atoms with Crippen LogP contribution < -0.4 is 20.1 Å². The van der Waals surface area contributed by atoms with Crippen molar-refractivity contribution in [2.45, 2.75) is 97.8 Å². The van der Waals surface area contributed by atoms with E-state index in [1.165, 1.54) is 14.2 Å². The molecule has 15 nitrogen and oxygen atoms in total. The number of imidazole rings is 1. The highest BCUT2D eigenvalue weighted by molar-refractivity contribution is 6.04. The third kappa shape index (κ3) is 9.25. The van der Waals surface area contributed by atoms with Crippen LogP contribution in [0, 0.1) is 17.3 Å². The van der Waals surface area contributed by atoms with Crippen LogP contribution in [0.4, 0.5) is 9.59 Å². The van der Waals surface area contributed by atoms with Crippen LogP contribution in [0.15, 0.2) is 53.8 Å². The van der Waals surface area contributed by atoms with E-state index in [0.29, 0.717) is 44.3 Å². The van der Waals surface area contributed by atoms with Crippen molar-refractivity contribution in [1.82, 2.24) is 30.4 Å². The first-order valence-corrected chi connectivity index (χ1v) is 21.3. The number of fused-ring (bicyclic) bond motifs is 3. The van der Waals surface area contributed by atoms with Crippen molar-refractivity contribution in [3.63, 3.8) is 0 Å².